The van der Waals surface area contributed by atoms with E-state index in [4.69, 9.17) is 9.47 Å². The van der Waals surface area contributed by atoms with E-state index in [1.165, 1.54) is 89.9 Å². The maximum absolute atomic E-state index is 12.0. The molecule has 0 unspecified atom stereocenters. The third kappa shape index (κ3) is 27.5. The molecule has 0 aliphatic heterocycles. The van der Waals surface area contributed by atoms with Crippen molar-refractivity contribution in [3.8, 4) is 0 Å². The number of hydrogen-bond acceptors (Lipinski definition) is 5. The molecule has 0 saturated carbocycles. The van der Waals surface area contributed by atoms with Gasteiger partial charge in [-0.2, -0.15) is 0 Å². The highest BCUT2D eigenvalue weighted by atomic mass is 16.6. The third-order valence-electron chi connectivity index (χ3n) is 6.81. The fourth-order valence-electron chi connectivity index (χ4n) is 4.37. The molecule has 1 N–H and O–H groups in total. The predicted octanol–water partition coefficient (Wildman–Crippen LogP) is 9.00. The van der Waals surface area contributed by atoms with Crippen molar-refractivity contribution in [3.63, 3.8) is 0 Å². The van der Waals surface area contributed by atoms with Crippen LogP contribution in [0.25, 0.3) is 0 Å². The van der Waals surface area contributed by atoms with Gasteiger partial charge in [-0.1, -0.05) is 122 Å². The van der Waals surface area contributed by atoms with Gasteiger partial charge < -0.3 is 14.6 Å². The van der Waals surface area contributed by atoms with Crippen LogP contribution in [0.5, 0.6) is 0 Å². The Morgan fingerprint density at radius 1 is 0.595 bits per heavy atom. The number of ether oxygens (including phenoxy) is 2. The van der Waals surface area contributed by atoms with Crippen molar-refractivity contribution in [2.45, 2.75) is 168 Å². The first kappa shape index (κ1) is 35.6. The third-order valence-corrected chi connectivity index (χ3v) is 6.81. The van der Waals surface area contributed by atoms with Crippen LogP contribution >= 0.6 is 0 Å². The molecule has 0 radical (unpaired) electrons. The van der Waals surface area contributed by atoms with E-state index in [2.05, 4.69) is 26.0 Å². The summed E-state index contributed by atoms with van der Waals surface area (Å²) in [4.78, 5) is 24.0. The number of unbranched alkanes of at least 4 members (excludes halogenated alkanes) is 18. The van der Waals surface area contributed by atoms with Crippen molar-refractivity contribution in [3.05, 3.63) is 12.2 Å². The van der Waals surface area contributed by atoms with E-state index in [1.54, 1.807) is 0 Å². The number of allylic oxidation sites excluding steroid dienone is 2. The van der Waals surface area contributed by atoms with E-state index in [9.17, 15) is 14.7 Å². The summed E-state index contributed by atoms with van der Waals surface area (Å²) in [7, 11) is 0. The average Bonchev–Trinajstić information content (AvgIpc) is 2.90. The van der Waals surface area contributed by atoms with Crippen LogP contribution in [0.1, 0.15) is 162 Å². The first-order valence-corrected chi connectivity index (χ1v) is 15.7. The molecule has 0 aliphatic rings. The van der Waals surface area contributed by atoms with Crippen LogP contribution in [0.2, 0.25) is 0 Å². The lowest BCUT2D eigenvalue weighted by Gasteiger charge is -2.15. The van der Waals surface area contributed by atoms with Gasteiger partial charge in [-0.05, 0) is 38.5 Å². The zero-order valence-corrected chi connectivity index (χ0v) is 24.5. The Bertz CT molecular complexity index is 531. The summed E-state index contributed by atoms with van der Waals surface area (Å²) in [6.45, 7) is 4.08. The molecule has 0 aromatic rings. The lowest BCUT2D eigenvalue weighted by atomic mass is 10.1. The van der Waals surface area contributed by atoms with Crippen LogP contribution < -0.4 is 0 Å². The zero-order valence-electron chi connectivity index (χ0n) is 24.5. The van der Waals surface area contributed by atoms with Crippen LogP contribution in [0.15, 0.2) is 12.2 Å². The topological polar surface area (TPSA) is 72.8 Å². The van der Waals surface area contributed by atoms with Gasteiger partial charge in [0.1, 0.15) is 6.61 Å². The van der Waals surface area contributed by atoms with Crippen molar-refractivity contribution in [2.24, 2.45) is 0 Å². The highest BCUT2D eigenvalue weighted by Crippen LogP contribution is 2.12. The van der Waals surface area contributed by atoms with E-state index in [0.29, 0.717) is 12.8 Å². The smallest absolute Gasteiger partial charge is 0.306 e. The average molecular weight is 525 g/mol. The fourth-order valence-corrected chi connectivity index (χ4v) is 4.37. The summed E-state index contributed by atoms with van der Waals surface area (Å²) >= 11 is 0. The van der Waals surface area contributed by atoms with Crippen LogP contribution in [-0.2, 0) is 19.1 Å². The first-order chi connectivity index (χ1) is 18.1. The molecule has 5 nitrogen and oxygen atoms in total. The molecule has 5 heteroatoms. The van der Waals surface area contributed by atoms with Gasteiger partial charge in [-0.15, -0.1) is 0 Å². The van der Waals surface area contributed by atoms with E-state index < -0.39 is 6.10 Å². The van der Waals surface area contributed by atoms with Crippen molar-refractivity contribution < 1.29 is 24.2 Å². The molecular weight excluding hydrogens is 464 g/mol. The summed E-state index contributed by atoms with van der Waals surface area (Å²) < 4.78 is 10.5. The molecule has 1 atom stereocenters. The molecule has 0 spiro atoms. The SMILES string of the molecule is CCCCCCC/C=C/CCCCCCCC(=O)OC[C@H](CO)OC(=O)CCCCCCCCCCC. The highest BCUT2D eigenvalue weighted by molar-refractivity contribution is 5.70. The molecule has 0 saturated heterocycles. The molecule has 0 aliphatic carbocycles. The predicted molar refractivity (Wildman–Crippen MR) is 155 cm³/mol. The van der Waals surface area contributed by atoms with Crippen LogP contribution in [0.3, 0.4) is 0 Å². The Hall–Kier alpha value is -1.36. The standard InChI is InChI=1S/C32H60O5/c1-3-5-7-9-11-13-14-15-16-17-19-20-22-24-26-31(34)36-29-30(28-33)37-32(35)27-25-23-21-18-12-10-8-6-4-2/h14-15,30,33H,3-13,16-29H2,1-2H3/b15-14+/t30-/m0/s1. The van der Waals surface area contributed by atoms with Crippen molar-refractivity contribution >= 4 is 11.9 Å². The number of aliphatic hydroxyl groups excluding tert-OH is 1. The van der Waals surface area contributed by atoms with Gasteiger partial charge in [0.25, 0.3) is 0 Å². The molecule has 0 amide bonds. The molecule has 0 aromatic carbocycles. The zero-order chi connectivity index (χ0) is 27.2. The normalized spacial score (nSPS) is 12.2. The van der Waals surface area contributed by atoms with Crippen LogP contribution in [0, 0.1) is 0 Å². The van der Waals surface area contributed by atoms with E-state index in [1.807, 2.05) is 0 Å². The minimum absolute atomic E-state index is 0.0657. The van der Waals surface area contributed by atoms with Gasteiger partial charge in [0, 0.05) is 12.8 Å². The summed E-state index contributed by atoms with van der Waals surface area (Å²) in [6, 6.07) is 0. The molecule has 0 bridgehead atoms. The number of carbonyl (C=O) groups excluding carboxylic acids is 2. The Balaban J connectivity index is 3.59. The molecule has 37 heavy (non-hydrogen) atoms. The molecule has 0 heterocycles. The lowest BCUT2D eigenvalue weighted by Crippen LogP contribution is -2.28. The molecule has 0 rings (SSSR count). The van der Waals surface area contributed by atoms with E-state index >= 15 is 0 Å². The van der Waals surface area contributed by atoms with E-state index in [0.717, 1.165) is 44.9 Å². The Morgan fingerprint density at radius 3 is 1.46 bits per heavy atom. The van der Waals surface area contributed by atoms with Crippen LogP contribution in [-0.4, -0.2) is 36.4 Å². The maximum Gasteiger partial charge on any atom is 0.306 e. The number of aliphatic hydroxyl groups is 1. The minimum atomic E-state index is -0.764. The molecule has 0 fully saturated rings. The van der Waals surface area contributed by atoms with Gasteiger partial charge in [-0.3, -0.25) is 9.59 Å². The summed E-state index contributed by atoms with van der Waals surface area (Å²) in [5, 5.41) is 9.45. The van der Waals surface area contributed by atoms with Crippen molar-refractivity contribution in [1.29, 1.82) is 0 Å². The number of esters is 2. The quantitative estimate of drug-likeness (QED) is 0.0628. The maximum atomic E-state index is 12.0. The first-order valence-electron chi connectivity index (χ1n) is 15.7. The second-order valence-corrected chi connectivity index (χ2v) is 10.5. The second-order valence-electron chi connectivity index (χ2n) is 10.5. The lowest BCUT2D eigenvalue weighted by molar-refractivity contribution is -0.161. The molecular formula is C32H60O5. The van der Waals surface area contributed by atoms with E-state index in [-0.39, 0.29) is 25.2 Å². The number of hydrogen-bond donors (Lipinski definition) is 1. The minimum Gasteiger partial charge on any atom is -0.462 e. The Kier molecular flexibility index (Phi) is 28.1. The second kappa shape index (κ2) is 29.2. The van der Waals surface area contributed by atoms with Gasteiger partial charge >= 0.3 is 11.9 Å². The van der Waals surface area contributed by atoms with Crippen molar-refractivity contribution in [2.75, 3.05) is 13.2 Å². The summed E-state index contributed by atoms with van der Waals surface area (Å²) in [5.41, 5.74) is 0. The van der Waals surface area contributed by atoms with Gasteiger partial charge in [0.15, 0.2) is 6.10 Å². The summed E-state index contributed by atoms with van der Waals surface area (Å²) in [5.74, 6) is -0.602. The molecule has 218 valence electrons. The van der Waals surface area contributed by atoms with Crippen LogP contribution in [0.4, 0.5) is 0 Å². The largest absolute Gasteiger partial charge is 0.462 e. The van der Waals surface area contributed by atoms with Gasteiger partial charge in [0.2, 0.25) is 0 Å². The molecule has 0 aromatic heterocycles. The van der Waals surface area contributed by atoms with Crippen molar-refractivity contribution in [1.82, 2.24) is 0 Å². The number of rotatable bonds is 28. The summed E-state index contributed by atoms with van der Waals surface area (Å²) in [6.07, 6.45) is 29.8. The Labute approximate surface area is 229 Å². The monoisotopic (exact) mass is 524 g/mol. The Morgan fingerprint density at radius 2 is 1.00 bits per heavy atom. The van der Waals surface area contributed by atoms with Gasteiger partial charge in [0.05, 0.1) is 6.61 Å². The number of carbonyl (C=O) groups is 2. The fraction of sp³-hybridized carbons (Fsp3) is 0.875. The van der Waals surface area contributed by atoms with Gasteiger partial charge in [-0.25, -0.2) is 0 Å². The highest BCUT2D eigenvalue weighted by Gasteiger charge is 2.16.